The van der Waals surface area contributed by atoms with Crippen molar-refractivity contribution in [2.24, 2.45) is 0 Å². The van der Waals surface area contributed by atoms with Crippen LogP contribution in [0.2, 0.25) is 0 Å². The topological polar surface area (TPSA) is 41.1 Å². The average Bonchev–Trinajstić information content (AvgIpc) is 2.85. The fourth-order valence-corrected chi connectivity index (χ4v) is 2.50. The summed E-state index contributed by atoms with van der Waals surface area (Å²) in [5.74, 6) is 0.0172. The second kappa shape index (κ2) is 6.34. The molecular formula is C14H19BrN2O. The van der Waals surface area contributed by atoms with Crippen molar-refractivity contribution >= 4 is 21.8 Å². The number of carbonyl (C=O) groups excluding carboxylic acids is 1. The lowest BCUT2D eigenvalue weighted by Crippen LogP contribution is -2.30. The van der Waals surface area contributed by atoms with Crippen LogP contribution in [0.15, 0.2) is 22.7 Å². The van der Waals surface area contributed by atoms with Gasteiger partial charge in [-0.05, 0) is 56.5 Å². The molecule has 1 aliphatic rings. The molecule has 1 aromatic rings. The second-order valence-electron chi connectivity index (χ2n) is 4.80. The second-order valence-corrected chi connectivity index (χ2v) is 5.66. The van der Waals surface area contributed by atoms with Crippen molar-refractivity contribution in [3.63, 3.8) is 0 Å². The monoisotopic (exact) mass is 310 g/mol. The highest BCUT2D eigenvalue weighted by Gasteiger charge is 2.14. The number of nitrogens with one attached hydrogen (secondary N) is 2. The predicted octanol–water partition coefficient (Wildman–Crippen LogP) is 2.63. The molecule has 2 N–H and O–H groups in total. The van der Waals surface area contributed by atoms with Gasteiger partial charge in [0.05, 0.1) is 0 Å². The van der Waals surface area contributed by atoms with E-state index in [0.29, 0.717) is 6.04 Å². The van der Waals surface area contributed by atoms with Crippen LogP contribution in [-0.2, 0) is 0 Å². The van der Waals surface area contributed by atoms with E-state index in [1.165, 1.54) is 12.8 Å². The molecule has 1 saturated heterocycles. The van der Waals surface area contributed by atoms with Crippen LogP contribution in [0.1, 0.15) is 35.2 Å². The molecule has 0 aromatic heterocycles. The van der Waals surface area contributed by atoms with Crippen molar-refractivity contribution in [3.05, 3.63) is 33.8 Å². The summed E-state index contributed by atoms with van der Waals surface area (Å²) >= 11 is 3.44. The van der Waals surface area contributed by atoms with Gasteiger partial charge >= 0.3 is 0 Å². The van der Waals surface area contributed by atoms with Crippen LogP contribution in [0.4, 0.5) is 0 Å². The number of benzene rings is 1. The lowest BCUT2D eigenvalue weighted by atomic mass is 10.1. The van der Waals surface area contributed by atoms with E-state index < -0.39 is 0 Å². The zero-order chi connectivity index (χ0) is 13.0. The van der Waals surface area contributed by atoms with Crippen LogP contribution in [0.25, 0.3) is 0 Å². The van der Waals surface area contributed by atoms with Crippen LogP contribution in [0.5, 0.6) is 0 Å². The van der Waals surface area contributed by atoms with Crippen molar-refractivity contribution in [1.82, 2.24) is 10.6 Å². The lowest BCUT2D eigenvalue weighted by molar-refractivity contribution is 0.0952. The van der Waals surface area contributed by atoms with E-state index in [1.807, 2.05) is 25.1 Å². The third-order valence-electron chi connectivity index (χ3n) is 3.36. The van der Waals surface area contributed by atoms with Gasteiger partial charge in [0.25, 0.3) is 5.91 Å². The highest BCUT2D eigenvalue weighted by molar-refractivity contribution is 9.10. The maximum Gasteiger partial charge on any atom is 0.251 e. The van der Waals surface area contributed by atoms with Crippen LogP contribution in [0, 0.1) is 6.92 Å². The summed E-state index contributed by atoms with van der Waals surface area (Å²) in [7, 11) is 0. The van der Waals surface area contributed by atoms with E-state index in [9.17, 15) is 4.79 Å². The van der Waals surface area contributed by atoms with Gasteiger partial charge in [0.1, 0.15) is 0 Å². The molecule has 1 amide bonds. The molecule has 18 heavy (non-hydrogen) atoms. The Bertz CT molecular complexity index is 428. The fourth-order valence-electron chi connectivity index (χ4n) is 2.25. The Balaban J connectivity index is 1.81. The fraction of sp³-hybridized carbons (Fsp3) is 0.500. The van der Waals surface area contributed by atoms with Gasteiger partial charge in [-0.15, -0.1) is 0 Å². The number of amides is 1. The molecule has 0 aliphatic carbocycles. The maximum atomic E-state index is 11.9. The van der Waals surface area contributed by atoms with Gasteiger partial charge in [-0.2, -0.15) is 0 Å². The summed E-state index contributed by atoms with van der Waals surface area (Å²) in [5.41, 5.74) is 1.81. The zero-order valence-electron chi connectivity index (χ0n) is 10.6. The average molecular weight is 311 g/mol. The van der Waals surface area contributed by atoms with Crippen LogP contribution in [-0.4, -0.2) is 25.0 Å². The van der Waals surface area contributed by atoms with Gasteiger partial charge in [-0.3, -0.25) is 4.79 Å². The molecule has 1 aromatic carbocycles. The Labute approximate surface area is 116 Å². The SMILES string of the molecule is Cc1cc(C(=O)NCC[C@H]2CCCN2)ccc1Br. The standard InChI is InChI=1S/C14H19BrN2O/c1-10-9-11(4-5-13(10)15)14(18)17-8-6-12-3-2-7-16-12/h4-5,9,12,16H,2-3,6-8H2,1H3,(H,17,18)/t12-/m1/s1. The van der Waals surface area contributed by atoms with Crippen LogP contribution in [0.3, 0.4) is 0 Å². The van der Waals surface area contributed by atoms with E-state index in [4.69, 9.17) is 0 Å². The molecule has 0 radical (unpaired) electrons. The van der Waals surface area contributed by atoms with Crippen molar-refractivity contribution in [2.45, 2.75) is 32.2 Å². The summed E-state index contributed by atoms with van der Waals surface area (Å²) in [6.45, 7) is 3.85. The normalized spacial score (nSPS) is 18.9. The highest BCUT2D eigenvalue weighted by Crippen LogP contribution is 2.17. The molecular weight excluding hydrogens is 292 g/mol. The summed E-state index contributed by atoms with van der Waals surface area (Å²) in [6, 6.07) is 6.26. The van der Waals surface area contributed by atoms with Gasteiger partial charge in [0.2, 0.25) is 0 Å². The first-order valence-electron chi connectivity index (χ1n) is 6.44. The van der Waals surface area contributed by atoms with E-state index in [-0.39, 0.29) is 5.91 Å². The van der Waals surface area contributed by atoms with Gasteiger partial charge in [0.15, 0.2) is 0 Å². The van der Waals surface area contributed by atoms with Crippen LogP contribution < -0.4 is 10.6 Å². The first kappa shape index (κ1) is 13.6. The minimum Gasteiger partial charge on any atom is -0.352 e. The molecule has 4 heteroatoms. The minimum atomic E-state index is 0.0172. The van der Waals surface area contributed by atoms with E-state index in [0.717, 1.165) is 35.1 Å². The molecule has 0 bridgehead atoms. The smallest absolute Gasteiger partial charge is 0.251 e. The lowest BCUT2D eigenvalue weighted by Gasteiger charge is -2.11. The minimum absolute atomic E-state index is 0.0172. The molecule has 3 nitrogen and oxygen atoms in total. The molecule has 0 unspecified atom stereocenters. The summed E-state index contributed by atoms with van der Waals surface area (Å²) < 4.78 is 1.04. The first-order chi connectivity index (χ1) is 8.66. The van der Waals surface area contributed by atoms with E-state index in [1.54, 1.807) is 0 Å². The largest absolute Gasteiger partial charge is 0.352 e. The van der Waals surface area contributed by atoms with Crippen LogP contribution >= 0.6 is 15.9 Å². The molecule has 1 atom stereocenters. The number of hydrogen-bond donors (Lipinski definition) is 2. The van der Waals surface area contributed by atoms with E-state index >= 15 is 0 Å². The number of hydrogen-bond acceptors (Lipinski definition) is 2. The molecule has 1 heterocycles. The van der Waals surface area contributed by atoms with Gasteiger partial charge < -0.3 is 10.6 Å². The van der Waals surface area contributed by atoms with Crippen molar-refractivity contribution < 1.29 is 4.79 Å². The Hall–Kier alpha value is -0.870. The number of halogens is 1. The summed E-state index contributed by atoms with van der Waals surface area (Å²) in [4.78, 5) is 11.9. The maximum absolute atomic E-state index is 11.9. The number of rotatable bonds is 4. The molecule has 1 aliphatic heterocycles. The van der Waals surface area contributed by atoms with Crippen molar-refractivity contribution in [1.29, 1.82) is 0 Å². The Morgan fingerprint density at radius 3 is 3.06 bits per heavy atom. The molecule has 0 saturated carbocycles. The number of aryl methyl sites for hydroxylation is 1. The summed E-state index contributed by atoms with van der Waals surface area (Å²) in [6.07, 6.45) is 3.50. The third kappa shape index (κ3) is 3.56. The zero-order valence-corrected chi connectivity index (χ0v) is 12.2. The van der Waals surface area contributed by atoms with Gasteiger partial charge in [-0.25, -0.2) is 0 Å². The number of carbonyl (C=O) groups is 1. The highest BCUT2D eigenvalue weighted by atomic mass is 79.9. The Morgan fingerprint density at radius 1 is 1.56 bits per heavy atom. The first-order valence-corrected chi connectivity index (χ1v) is 7.24. The Morgan fingerprint density at radius 2 is 2.39 bits per heavy atom. The quantitative estimate of drug-likeness (QED) is 0.897. The summed E-state index contributed by atoms with van der Waals surface area (Å²) in [5, 5.41) is 6.41. The molecule has 0 spiro atoms. The predicted molar refractivity (Wildman–Crippen MR) is 76.9 cm³/mol. The van der Waals surface area contributed by atoms with Crippen molar-refractivity contribution in [2.75, 3.05) is 13.1 Å². The van der Waals surface area contributed by atoms with Crippen molar-refractivity contribution in [3.8, 4) is 0 Å². The molecule has 98 valence electrons. The van der Waals surface area contributed by atoms with Gasteiger partial charge in [-0.1, -0.05) is 15.9 Å². The molecule has 2 rings (SSSR count). The van der Waals surface area contributed by atoms with Gasteiger partial charge in [0, 0.05) is 22.6 Å². The third-order valence-corrected chi connectivity index (χ3v) is 4.25. The van der Waals surface area contributed by atoms with E-state index in [2.05, 4.69) is 26.6 Å². The molecule has 1 fully saturated rings. The Kier molecular flexibility index (Phi) is 4.78.